The van der Waals surface area contributed by atoms with Crippen molar-refractivity contribution in [2.24, 2.45) is 0 Å². The number of benzene rings is 2. The zero-order valence-corrected chi connectivity index (χ0v) is 15.1. The minimum Gasteiger partial charge on any atom is -0.325 e. The smallest absolute Gasteiger partial charge is 0.237 e. The number of para-hydroxylation sites is 1. The van der Waals surface area contributed by atoms with Gasteiger partial charge in [0.05, 0.1) is 10.3 Å². The highest BCUT2D eigenvalue weighted by Crippen LogP contribution is 2.30. The van der Waals surface area contributed by atoms with Crippen LogP contribution in [-0.4, -0.2) is 30.2 Å². The Hall–Kier alpha value is -1.49. The van der Waals surface area contributed by atoms with E-state index in [4.69, 9.17) is 11.6 Å². The third kappa shape index (κ3) is 5.27. The van der Waals surface area contributed by atoms with E-state index in [1.165, 1.54) is 11.8 Å². The zero-order chi connectivity index (χ0) is 16.8. The summed E-state index contributed by atoms with van der Waals surface area (Å²) in [4.78, 5) is 15.5. The summed E-state index contributed by atoms with van der Waals surface area (Å²) in [7, 11) is 4.02. The van der Waals surface area contributed by atoms with Gasteiger partial charge in [0.1, 0.15) is 0 Å². The lowest BCUT2D eigenvalue weighted by Crippen LogP contribution is -2.23. The van der Waals surface area contributed by atoms with E-state index in [2.05, 4.69) is 10.2 Å². The van der Waals surface area contributed by atoms with Crippen LogP contribution in [-0.2, 0) is 11.3 Å². The fourth-order valence-electron chi connectivity index (χ4n) is 2.14. The molecule has 0 aliphatic heterocycles. The second-order valence-electron chi connectivity index (χ2n) is 5.57. The molecule has 5 heteroatoms. The second-order valence-corrected chi connectivity index (χ2v) is 7.36. The topological polar surface area (TPSA) is 32.3 Å². The summed E-state index contributed by atoms with van der Waals surface area (Å²) >= 11 is 7.62. The fourth-order valence-corrected chi connectivity index (χ4v) is 3.29. The van der Waals surface area contributed by atoms with Crippen LogP contribution in [0.2, 0.25) is 5.02 Å². The number of nitrogens with zero attached hydrogens (tertiary/aromatic N) is 1. The van der Waals surface area contributed by atoms with E-state index in [1.807, 2.05) is 69.6 Å². The number of amides is 1. The minimum absolute atomic E-state index is 0.0267. The van der Waals surface area contributed by atoms with Gasteiger partial charge in [-0.3, -0.25) is 4.79 Å². The van der Waals surface area contributed by atoms with Gasteiger partial charge in [0.2, 0.25) is 5.91 Å². The summed E-state index contributed by atoms with van der Waals surface area (Å²) in [5, 5.41) is 3.46. The van der Waals surface area contributed by atoms with E-state index in [9.17, 15) is 4.79 Å². The van der Waals surface area contributed by atoms with Crippen molar-refractivity contribution in [3.8, 4) is 0 Å². The van der Waals surface area contributed by atoms with Gasteiger partial charge < -0.3 is 10.2 Å². The maximum Gasteiger partial charge on any atom is 0.237 e. The van der Waals surface area contributed by atoms with Crippen molar-refractivity contribution >= 4 is 35.0 Å². The highest BCUT2D eigenvalue weighted by atomic mass is 35.5. The number of nitrogens with one attached hydrogen (secondary N) is 1. The first kappa shape index (κ1) is 17.9. The lowest BCUT2D eigenvalue weighted by molar-refractivity contribution is -0.115. The molecule has 0 heterocycles. The van der Waals surface area contributed by atoms with Crippen molar-refractivity contribution in [1.29, 1.82) is 0 Å². The molecule has 23 heavy (non-hydrogen) atoms. The van der Waals surface area contributed by atoms with Gasteiger partial charge in [0.15, 0.2) is 0 Å². The average Bonchev–Trinajstić information content (AvgIpc) is 2.51. The molecule has 122 valence electrons. The summed E-state index contributed by atoms with van der Waals surface area (Å²) in [6.45, 7) is 2.67. The standard InChI is InChI=1S/C18H21ClN2OS/c1-13(23-17-11-7-5-9-15(17)19)18(22)20-16-10-6-4-8-14(16)12-21(2)3/h4-11,13H,12H2,1-3H3,(H,20,22)/t13-/m1/s1. The van der Waals surface area contributed by atoms with Gasteiger partial charge in [-0.15, -0.1) is 11.8 Å². The molecule has 1 amide bonds. The van der Waals surface area contributed by atoms with E-state index >= 15 is 0 Å². The molecule has 0 saturated carbocycles. The number of halogens is 1. The Balaban J connectivity index is 2.05. The van der Waals surface area contributed by atoms with E-state index in [1.54, 1.807) is 0 Å². The first-order chi connectivity index (χ1) is 11.0. The molecule has 2 aromatic rings. The van der Waals surface area contributed by atoms with Crippen molar-refractivity contribution in [2.45, 2.75) is 23.6 Å². The number of hydrogen-bond acceptors (Lipinski definition) is 3. The molecular formula is C18H21ClN2OS. The molecule has 0 bridgehead atoms. The number of thioether (sulfide) groups is 1. The Morgan fingerprint density at radius 1 is 1.17 bits per heavy atom. The summed E-state index contributed by atoms with van der Waals surface area (Å²) in [6, 6.07) is 15.4. The highest BCUT2D eigenvalue weighted by Gasteiger charge is 2.17. The van der Waals surface area contributed by atoms with Gasteiger partial charge in [0.25, 0.3) is 0 Å². The van der Waals surface area contributed by atoms with Gasteiger partial charge in [-0.05, 0) is 44.8 Å². The summed E-state index contributed by atoms with van der Waals surface area (Å²) in [6.07, 6.45) is 0. The summed E-state index contributed by atoms with van der Waals surface area (Å²) in [5.41, 5.74) is 1.96. The fraction of sp³-hybridized carbons (Fsp3) is 0.278. The van der Waals surface area contributed by atoms with Crippen LogP contribution in [0.25, 0.3) is 0 Å². The van der Waals surface area contributed by atoms with Gasteiger partial charge in [-0.1, -0.05) is 41.9 Å². The first-order valence-corrected chi connectivity index (χ1v) is 8.68. The maximum atomic E-state index is 12.5. The molecule has 0 aliphatic carbocycles. The molecule has 3 nitrogen and oxygen atoms in total. The molecule has 1 N–H and O–H groups in total. The van der Waals surface area contributed by atoms with Crippen LogP contribution in [0.15, 0.2) is 53.4 Å². The predicted octanol–water partition coefficient (Wildman–Crippen LogP) is 4.52. The average molecular weight is 349 g/mol. The van der Waals surface area contributed by atoms with E-state index in [-0.39, 0.29) is 11.2 Å². The molecule has 0 saturated heterocycles. The zero-order valence-electron chi connectivity index (χ0n) is 13.5. The third-order valence-corrected chi connectivity index (χ3v) is 4.89. The van der Waals surface area contributed by atoms with Crippen LogP contribution >= 0.6 is 23.4 Å². The van der Waals surface area contributed by atoms with Gasteiger partial charge >= 0.3 is 0 Å². The van der Waals surface area contributed by atoms with Crippen LogP contribution in [0.4, 0.5) is 5.69 Å². The predicted molar refractivity (Wildman–Crippen MR) is 99.2 cm³/mol. The monoisotopic (exact) mass is 348 g/mol. The summed E-state index contributed by atoms with van der Waals surface area (Å²) in [5.74, 6) is -0.0267. The largest absolute Gasteiger partial charge is 0.325 e. The first-order valence-electron chi connectivity index (χ1n) is 7.42. The maximum absolute atomic E-state index is 12.5. The molecule has 0 aromatic heterocycles. The van der Waals surface area contributed by atoms with Crippen molar-refractivity contribution in [2.75, 3.05) is 19.4 Å². The van der Waals surface area contributed by atoms with Crippen molar-refractivity contribution in [3.63, 3.8) is 0 Å². The van der Waals surface area contributed by atoms with Gasteiger partial charge in [-0.25, -0.2) is 0 Å². The molecule has 2 rings (SSSR count). The molecular weight excluding hydrogens is 328 g/mol. The van der Waals surface area contributed by atoms with E-state index in [0.717, 1.165) is 22.7 Å². The minimum atomic E-state index is -0.234. The van der Waals surface area contributed by atoms with Crippen molar-refractivity contribution in [1.82, 2.24) is 4.90 Å². The van der Waals surface area contributed by atoms with Crippen LogP contribution in [0.5, 0.6) is 0 Å². The quantitative estimate of drug-likeness (QED) is 0.779. The van der Waals surface area contributed by atoms with Crippen LogP contribution < -0.4 is 5.32 Å². The van der Waals surface area contributed by atoms with Crippen molar-refractivity contribution < 1.29 is 4.79 Å². The number of anilines is 1. The number of rotatable bonds is 6. The second kappa shape index (κ2) is 8.39. The Bertz CT molecular complexity index is 676. The Morgan fingerprint density at radius 2 is 1.83 bits per heavy atom. The van der Waals surface area contributed by atoms with Crippen LogP contribution in [0.1, 0.15) is 12.5 Å². The Labute approximate surface area is 147 Å². The number of carbonyl (C=O) groups is 1. The third-order valence-electron chi connectivity index (χ3n) is 3.27. The van der Waals surface area contributed by atoms with E-state index < -0.39 is 0 Å². The molecule has 0 unspecified atom stereocenters. The van der Waals surface area contributed by atoms with Crippen molar-refractivity contribution in [3.05, 3.63) is 59.1 Å². The summed E-state index contributed by atoms with van der Waals surface area (Å²) < 4.78 is 0. The normalized spacial score (nSPS) is 12.2. The SMILES string of the molecule is C[C@@H](Sc1ccccc1Cl)C(=O)Nc1ccccc1CN(C)C. The molecule has 0 aliphatic rings. The van der Waals surface area contributed by atoms with E-state index in [0.29, 0.717) is 5.02 Å². The highest BCUT2D eigenvalue weighted by molar-refractivity contribution is 8.00. The Kier molecular flexibility index (Phi) is 6.51. The molecule has 0 spiro atoms. The molecule has 1 atom stereocenters. The molecule has 0 radical (unpaired) electrons. The molecule has 0 fully saturated rings. The van der Waals surface area contributed by atoms with Gasteiger partial charge in [0, 0.05) is 17.1 Å². The van der Waals surface area contributed by atoms with Gasteiger partial charge in [-0.2, -0.15) is 0 Å². The lowest BCUT2D eigenvalue weighted by Gasteiger charge is -2.17. The van der Waals surface area contributed by atoms with Crippen LogP contribution in [0, 0.1) is 0 Å². The Morgan fingerprint density at radius 3 is 2.52 bits per heavy atom. The molecule has 2 aromatic carbocycles. The number of carbonyl (C=O) groups excluding carboxylic acids is 1. The van der Waals surface area contributed by atoms with Crippen LogP contribution in [0.3, 0.4) is 0 Å². The lowest BCUT2D eigenvalue weighted by atomic mass is 10.1. The number of hydrogen-bond donors (Lipinski definition) is 1.